The minimum Gasteiger partial charge on any atom is -0.489 e. The molecular formula is C17H15ClN2O2. The average molecular weight is 315 g/mol. The summed E-state index contributed by atoms with van der Waals surface area (Å²) in [5.74, 6) is 0.479. The molecule has 1 N–H and O–H groups in total. The molecule has 0 heterocycles. The van der Waals surface area contributed by atoms with E-state index in [9.17, 15) is 4.79 Å². The highest BCUT2D eigenvalue weighted by Crippen LogP contribution is 2.15. The number of nitrogens with zero attached hydrogens (tertiary/aromatic N) is 1. The number of hydrogen-bond acceptors (Lipinski definition) is 3. The maximum Gasteiger partial charge on any atom is 0.234 e. The van der Waals surface area contributed by atoms with Gasteiger partial charge in [-0.3, -0.25) is 4.79 Å². The fraction of sp³-hybridized carbons (Fsp3) is 0.176. The SMILES string of the molecule is N#CCC(=O)NCc1ccc(OCc2ccc(Cl)cc2)cc1. The van der Waals surface area contributed by atoms with E-state index in [4.69, 9.17) is 21.6 Å². The van der Waals surface area contributed by atoms with Gasteiger partial charge in [-0.25, -0.2) is 0 Å². The zero-order valence-corrected chi connectivity index (χ0v) is 12.6. The van der Waals surface area contributed by atoms with Gasteiger partial charge in [0.25, 0.3) is 0 Å². The molecule has 0 spiro atoms. The molecule has 5 heteroatoms. The lowest BCUT2D eigenvalue weighted by Gasteiger charge is -2.08. The van der Waals surface area contributed by atoms with Crippen LogP contribution in [-0.2, 0) is 17.9 Å². The molecular weight excluding hydrogens is 300 g/mol. The number of halogens is 1. The van der Waals surface area contributed by atoms with Crippen LogP contribution in [0.3, 0.4) is 0 Å². The Morgan fingerprint density at radius 1 is 1.09 bits per heavy atom. The van der Waals surface area contributed by atoms with E-state index in [0.29, 0.717) is 18.2 Å². The van der Waals surface area contributed by atoms with Gasteiger partial charge in [-0.05, 0) is 35.4 Å². The van der Waals surface area contributed by atoms with E-state index in [1.165, 1.54) is 0 Å². The fourth-order valence-electron chi connectivity index (χ4n) is 1.79. The molecule has 0 aliphatic carbocycles. The van der Waals surface area contributed by atoms with Crippen molar-refractivity contribution in [2.75, 3.05) is 0 Å². The highest BCUT2D eigenvalue weighted by molar-refractivity contribution is 6.30. The molecule has 0 radical (unpaired) electrons. The molecule has 0 aliphatic rings. The van der Waals surface area contributed by atoms with Crippen molar-refractivity contribution < 1.29 is 9.53 Å². The smallest absolute Gasteiger partial charge is 0.234 e. The number of ether oxygens (including phenoxy) is 1. The van der Waals surface area contributed by atoms with Gasteiger partial charge >= 0.3 is 0 Å². The van der Waals surface area contributed by atoms with Crippen molar-refractivity contribution in [3.63, 3.8) is 0 Å². The second-order valence-electron chi connectivity index (χ2n) is 4.67. The van der Waals surface area contributed by atoms with Gasteiger partial charge in [0.1, 0.15) is 18.8 Å². The van der Waals surface area contributed by atoms with Crippen LogP contribution >= 0.6 is 11.6 Å². The Labute approximate surface area is 134 Å². The van der Waals surface area contributed by atoms with Crippen LogP contribution in [0.2, 0.25) is 5.02 Å². The van der Waals surface area contributed by atoms with Crippen LogP contribution < -0.4 is 10.1 Å². The van der Waals surface area contributed by atoms with Crippen LogP contribution in [0.1, 0.15) is 17.5 Å². The molecule has 4 nitrogen and oxygen atoms in total. The number of benzene rings is 2. The minimum absolute atomic E-state index is 0.123. The van der Waals surface area contributed by atoms with Crippen LogP contribution in [0.25, 0.3) is 0 Å². The summed E-state index contributed by atoms with van der Waals surface area (Å²) in [4.78, 5) is 11.2. The molecule has 0 aliphatic heterocycles. The van der Waals surface area contributed by atoms with E-state index in [1.807, 2.05) is 54.6 Å². The predicted octanol–water partition coefficient (Wildman–Crippen LogP) is 3.45. The van der Waals surface area contributed by atoms with E-state index >= 15 is 0 Å². The highest BCUT2D eigenvalue weighted by Gasteiger charge is 2.01. The highest BCUT2D eigenvalue weighted by atomic mass is 35.5. The number of carbonyl (C=O) groups is 1. The molecule has 0 fully saturated rings. The molecule has 0 unspecified atom stereocenters. The topological polar surface area (TPSA) is 62.1 Å². The van der Waals surface area contributed by atoms with Gasteiger partial charge in [0.15, 0.2) is 0 Å². The lowest BCUT2D eigenvalue weighted by molar-refractivity contribution is -0.120. The summed E-state index contributed by atoms with van der Waals surface area (Å²) in [5, 5.41) is 11.8. The molecule has 112 valence electrons. The van der Waals surface area contributed by atoms with Crippen LogP contribution in [0.4, 0.5) is 0 Å². The quantitative estimate of drug-likeness (QED) is 0.888. The normalized spacial score (nSPS) is 9.82. The van der Waals surface area contributed by atoms with Crippen molar-refractivity contribution in [3.8, 4) is 11.8 Å². The minimum atomic E-state index is -0.273. The van der Waals surface area contributed by atoms with Crippen LogP contribution in [0, 0.1) is 11.3 Å². The summed E-state index contributed by atoms with van der Waals surface area (Å²) in [5.41, 5.74) is 1.99. The third-order valence-electron chi connectivity index (χ3n) is 2.97. The van der Waals surface area contributed by atoms with E-state index in [2.05, 4.69) is 5.32 Å². The first kappa shape index (κ1) is 15.9. The molecule has 0 saturated carbocycles. The van der Waals surface area contributed by atoms with Gasteiger partial charge in [-0.15, -0.1) is 0 Å². The number of carbonyl (C=O) groups excluding carboxylic acids is 1. The number of nitriles is 1. The largest absolute Gasteiger partial charge is 0.489 e. The predicted molar refractivity (Wildman–Crippen MR) is 84.3 cm³/mol. The zero-order chi connectivity index (χ0) is 15.8. The molecule has 0 saturated heterocycles. The Balaban J connectivity index is 1.82. The first-order valence-corrected chi connectivity index (χ1v) is 7.15. The molecule has 2 aromatic carbocycles. The van der Waals surface area contributed by atoms with E-state index in [1.54, 1.807) is 0 Å². The van der Waals surface area contributed by atoms with Crippen LogP contribution in [0.15, 0.2) is 48.5 Å². The molecule has 2 rings (SSSR count). The second-order valence-corrected chi connectivity index (χ2v) is 5.11. The van der Waals surface area contributed by atoms with Gasteiger partial charge < -0.3 is 10.1 Å². The summed E-state index contributed by atoms with van der Waals surface area (Å²) < 4.78 is 5.68. The number of rotatable bonds is 6. The summed E-state index contributed by atoms with van der Waals surface area (Å²) >= 11 is 5.83. The Kier molecular flexibility index (Phi) is 5.81. The van der Waals surface area contributed by atoms with Gasteiger partial charge in [-0.2, -0.15) is 5.26 Å². The lowest BCUT2D eigenvalue weighted by Crippen LogP contribution is -2.21. The van der Waals surface area contributed by atoms with Crippen molar-refractivity contribution >= 4 is 17.5 Å². The molecule has 2 aromatic rings. The van der Waals surface area contributed by atoms with E-state index in [-0.39, 0.29) is 12.3 Å². The van der Waals surface area contributed by atoms with Gasteiger partial charge in [0.2, 0.25) is 5.91 Å². The molecule has 22 heavy (non-hydrogen) atoms. The lowest BCUT2D eigenvalue weighted by atomic mass is 10.2. The van der Waals surface area contributed by atoms with Crippen LogP contribution in [-0.4, -0.2) is 5.91 Å². The Hall–Kier alpha value is -2.51. The van der Waals surface area contributed by atoms with Crippen molar-refractivity contribution in [1.29, 1.82) is 5.26 Å². The fourth-order valence-corrected chi connectivity index (χ4v) is 1.91. The number of amides is 1. The van der Waals surface area contributed by atoms with E-state index < -0.39 is 0 Å². The van der Waals surface area contributed by atoms with Gasteiger partial charge in [0, 0.05) is 11.6 Å². The Morgan fingerprint density at radius 3 is 2.36 bits per heavy atom. The molecule has 0 aromatic heterocycles. The number of hydrogen-bond donors (Lipinski definition) is 1. The van der Waals surface area contributed by atoms with Crippen LogP contribution in [0.5, 0.6) is 5.75 Å². The molecule has 1 amide bonds. The summed E-state index contributed by atoms with van der Waals surface area (Å²) in [6.07, 6.45) is -0.123. The van der Waals surface area contributed by atoms with E-state index in [0.717, 1.165) is 16.9 Å². The maximum atomic E-state index is 11.2. The first-order valence-electron chi connectivity index (χ1n) is 6.77. The number of nitrogens with one attached hydrogen (secondary N) is 1. The summed E-state index contributed by atoms with van der Waals surface area (Å²) in [6, 6.07) is 16.8. The average Bonchev–Trinajstić information content (AvgIpc) is 2.54. The second kappa shape index (κ2) is 8.06. The summed E-state index contributed by atoms with van der Waals surface area (Å²) in [7, 11) is 0. The van der Waals surface area contributed by atoms with Crippen molar-refractivity contribution in [2.24, 2.45) is 0 Å². The molecule has 0 atom stereocenters. The standard InChI is InChI=1S/C17H15ClN2O2/c18-15-5-1-14(2-6-15)12-22-16-7-3-13(4-8-16)11-20-17(21)9-10-19/h1-8H,9,11-12H2,(H,20,21). The third-order valence-corrected chi connectivity index (χ3v) is 3.22. The van der Waals surface area contributed by atoms with Crippen molar-refractivity contribution in [2.45, 2.75) is 19.6 Å². The molecule has 0 bridgehead atoms. The van der Waals surface area contributed by atoms with Gasteiger partial charge in [0.05, 0.1) is 6.07 Å². The maximum absolute atomic E-state index is 11.2. The summed E-state index contributed by atoms with van der Waals surface area (Å²) in [6.45, 7) is 0.868. The van der Waals surface area contributed by atoms with Crippen molar-refractivity contribution in [3.05, 3.63) is 64.7 Å². The Bertz CT molecular complexity index is 661. The first-order chi connectivity index (χ1) is 10.7. The van der Waals surface area contributed by atoms with Crippen molar-refractivity contribution in [1.82, 2.24) is 5.32 Å². The zero-order valence-electron chi connectivity index (χ0n) is 11.9. The van der Waals surface area contributed by atoms with Gasteiger partial charge in [-0.1, -0.05) is 35.9 Å². The monoisotopic (exact) mass is 314 g/mol. The third kappa shape index (κ3) is 5.12. The Morgan fingerprint density at radius 2 is 1.73 bits per heavy atom.